The van der Waals surface area contributed by atoms with Crippen LogP contribution in [0.2, 0.25) is 0 Å². The molecule has 0 aliphatic rings. The van der Waals surface area contributed by atoms with E-state index in [1.165, 1.54) is 0 Å². The van der Waals surface area contributed by atoms with E-state index in [0.29, 0.717) is 11.8 Å². The highest BCUT2D eigenvalue weighted by Gasteiger charge is 2.12. The van der Waals surface area contributed by atoms with Crippen molar-refractivity contribution in [2.24, 2.45) is 5.92 Å². The zero-order chi connectivity index (χ0) is 21.8. The average Bonchev–Trinajstić information content (AvgIpc) is 3.45. The van der Waals surface area contributed by atoms with E-state index in [1.54, 1.807) is 6.20 Å². The molecule has 2 heterocycles. The van der Waals surface area contributed by atoms with Gasteiger partial charge in [-0.05, 0) is 52.8 Å². The lowest BCUT2D eigenvalue weighted by Crippen LogP contribution is -2.03. The molecule has 4 heteroatoms. The van der Waals surface area contributed by atoms with Crippen molar-refractivity contribution in [3.63, 3.8) is 0 Å². The Hall–Kier alpha value is -3.76. The average molecular weight is 407 g/mol. The third-order valence-electron chi connectivity index (χ3n) is 5.51. The zero-order valence-electron chi connectivity index (χ0n) is 18.4. The molecule has 2 aromatic heterocycles. The van der Waals surface area contributed by atoms with Gasteiger partial charge in [0.25, 0.3) is 0 Å². The van der Waals surface area contributed by atoms with Crippen molar-refractivity contribution in [3.8, 4) is 23.7 Å². The van der Waals surface area contributed by atoms with Gasteiger partial charge in [0.05, 0.1) is 12.4 Å². The second kappa shape index (κ2) is 8.94. The number of hydrogen-bond donors (Lipinski definition) is 2. The molecule has 4 aromatic rings. The lowest BCUT2D eigenvalue weighted by molar-refractivity contribution is 0.514. The molecule has 0 aliphatic heterocycles. The summed E-state index contributed by atoms with van der Waals surface area (Å²) in [5.41, 5.74) is 3.64. The maximum absolute atomic E-state index is 4.48. The number of aryl methyl sites for hydroxylation is 1. The quantitative estimate of drug-likeness (QED) is 0.447. The van der Waals surface area contributed by atoms with Crippen LogP contribution in [0.15, 0.2) is 48.8 Å². The van der Waals surface area contributed by atoms with Crippen LogP contribution < -0.4 is 0 Å². The smallest absolute Gasteiger partial charge is 0.110 e. The van der Waals surface area contributed by atoms with E-state index in [-0.39, 0.29) is 0 Å². The van der Waals surface area contributed by atoms with E-state index < -0.39 is 0 Å². The Labute approximate surface area is 183 Å². The lowest BCUT2D eigenvalue weighted by atomic mass is 9.98. The van der Waals surface area contributed by atoms with Crippen LogP contribution in [-0.2, 0) is 6.42 Å². The maximum atomic E-state index is 4.48. The molecular weight excluding hydrogens is 380 g/mol. The Morgan fingerprint density at radius 2 is 1.35 bits per heavy atom. The molecule has 31 heavy (non-hydrogen) atoms. The van der Waals surface area contributed by atoms with Crippen molar-refractivity contribution in [3.05, 3.63) is 83.0 Å². The SMILES string of the molecule is CCc1ncc(C#Cc2ccc3cc(C#Cc4cnc(C(C)C(C)C)[nH]4)ccc3c2)[nH]1. The van der Waals surface area contributed by atoms with E-state index in [1.807, 2.05) is 18.3 Å². The zero-order valence-corrected chi connectivity index (χ0v) is 18.4. The molecular formula is C27H26N4. The first kappa shape index (κ1) is 20.5. The second-order valence-electron chi connectivity index (χ2n) is 8.09. The number of nitrogens with zero attached hydrogens (tertiary/aromatic N) is 2. The number of aromatic amines is 2. The summed E-state index contributed by atoms with van der Waals surface area (Å²) < 4.78 is 0. The van der Waals surface area contributed by atoms with Gasteiger partial charge in [-0.2, -0.15) is 0 Å². The van der Waals surface area contributed by atoms with Gasteiger partial charge in [-0.3, -0.25) is 0 Å². The van der Waals surface area contributed by atoms with E-state index in [4.69, 9.17) is 0 Å². The number of rotatable bonds is 3. The van der Waals surface area contributed by atoms with Crippen LogP contribution in [0.4, 0.5) is 0 Å². The fourth-order valence-electron chi connectivity index (χ4n) is 3.23. The predicted octanol–water partition coefficient (Wildman–Crippen LogP) is 5.41. The normalized spacial score (nSPS) is 11.6. The van der Waals surface area contributed by atoms with Crippen molar-refractivity contribution in [1.82, 2.24) is 19.9 Å². The molecule has 2 aromatic carbocycles. The standard InChI is InChI=1S/C27H26N4/c1-5-26-28-16-24(30-26)12-8-20-6-10-23-15-21(7-11-22(23)14-20)9-13-25-17-29-27(31-25)19(4)18(2)3/h6-7,10-11,14-19H,5H2,1-4H3,(H,28,30)(H,29,31). The number of nitrogens with one attached hydrogen (secondary N) is 2. The number of hydrogen-bond acceptors (Lipinski definition) is 2. The Bertz CT molecular complexity index is 1330. The van der Waals surface area contributed by atoms with Gasteiger partial charge in [0.1, 0.15) is 23.0 Å². The van der Waals surface area contributed by atoms with Gasteiger partial charge in [0, 0.05) is 23.5 Å². The summed E-state index contributed by atoms with van der Waals surface area (Å²) in [6.07, 6.45) is 4.47. The molecule has 154 valence electrons. The number of benzene rings is 2. The van der Waals surface area contributed by atoms with Crippen LogP contribution in [0, 0.1) is 29.6 Å². The molecule has 0 bridgehead atoms. The summed E-state index contributed by atoms with van der Waals surface area (Å²) in [6.45, 7) is 8.64. The topological polar surface area (TPSA) is 57.4 Å². The van der Waals surface area contributed by atoms with Crippen LogP contribution in [-0.4, -0.2) is 19.9 Å². The number of imidazole rings is 2. The first-order chi connectivity index (χ1) is 15.0. The summed E-state index contributed by atoms with van der Waals surface area (Å²) in [4.78, 5) is 15.3. The molecule has 4 rings (SSSR count). The van der Waals surface area contributed by atoms with Crippen molar-refractivity contribution in [2.45, 2.75) is 40.0 Å². The Balaban J connectivity index is 1.52. The summed E-state index contributed by atoms with van der Waals surface area (Å²) in [5.74, 6) is 15.7. The third-order valence-corrected chi connectivity index (χ3v) is 5.51. The fourth-order valence-corrected chi connectivity index (χ4v) is 3.23. The molecule has 0 aliphatic carbocycles. The van der Waals surface area contributed by atoms with Crippen LogP contribution in [0.25, 0.3) is 10.8 Å². The third kappa shape index (κ3) is 4.87. The fraction of sp³-hybridized carbons (Fsp3) is 0.259. The maximum Gasteiger partial charge on any atom is 0.110 e. The van der Waals surface area contributed by atoms with Crippen LogP contribution >= 0.6 is 0 Å². The summed E-state index contributed by atoms with van der Waals surface area (Å²) in [5, 5.41) is 2.29. The van der Waals surface area contributed by atoms with Gasteiger partial charge in [0.2, 0.25) is 0 Å². The molecule has 4 nitrogen and oxygen atoms in total. The van der Waals surface area contributed by atoms with E-state index >= 15 is 0 Å². The van der Waals surface area contributed by atoms with E-state index in [0.717, 1.165) is 51.4 Å². The predicted molar refractivity (Wildman–Crippen MR) is 126 cm³/mol. The van der Waals surface area contributed by atoms with Gasteiger partial charge in [0.15, 0.2) is 0 Å². The van der Waals surface area contributed by atoms with Gasteiger partial charge in [-0.1, -0.05) is 51.7 Å². The number of aromatic nitrogens is 4. The number of H-pyrrole nitrogens is 2. The monoisotopic (exact) mass is 406 g/mol. The summed E-state index contributed by atoms with van der Waals surface area (Å²) in [6, 6.07) is 12.5. The molecule has 1 unspecified atom stereocenters. The van der Waals surface area contributed by atoms with Gasteiger partial charge in [-0.15, -0.1) is 0 Å². The first-order valence-corrected chi connectivity index (χ1v) is 10.7. The van der Waals surface area contributed by atoms with Crippen molar-refractivity contribution in [2.75, 3.05) is 0 Å². The molecule has 0 saturated carbocycles. The molecule has 0 radical (unpaired) electrons. The van der Waals surface area contributed by atoms with E-state index in [2.05, 4.69) is 95.6 Å². The minimum absolute atomic E-state index is 0.385. The minimum atomic E-state index is 0.385. The largest absolute Gasteiger partial charge is 0.336 e. The Morgan fingerprint density at radius 3 is 1.90 bits per heavy atom. The summed E-state index contributed by atoms with van der Waals surface area (Å²) in [7, 11) is 0. The highest BCUT2D eigenvalue weighted by molar-refractivity contribution is 5.85. The van der Waals surface area contributed by atoms with Crippen molar-refractivity contribution >= 4 is 10.8 Å². The first-order valence-electron chi connectivity index (χ1n) is 10.7. The van der Waals surface area contributed by atoms with Crippen molar-refractivity contribution in [1.29, 1.82) is 0 Å². The van der Waals surface area contributed by atoms with Gasteiger partial charge < -0.3 is 9.97 Å². The molecule has 1 atom stereocenters. The molecule has 0 spiro atoms. The van der Waals surface area contributed by atoms with Gasteiger partial charge >= 0.3 is 0 Å². The molecule has 0 amide bonds. The lowest BCUT2D eigenvalue weighted by Gasteiger charge is -2.11. The van der Waals surface area contributed by atoms with Crippen LogP contribution in [0.1, 0.15) is 67.8 Å². The minimum Gasteiger partial charge on any atom is -0.336 e. The molecule has 0 fully saturated rings. The van der Waals surface area contributed by atoms with E-state index in [9.17, 15) is 0 Å². The summed E-state index contributed by atoms with van der Waals surface area (Å²) >= 11 is 0. The molecule has 2 N–H and O–H groups in total. The second-order valence-corrected chi connectivity index (χ2v) is 8.09. The van der Waals surface area contributed by atoms with Crippen LogP contribution in [0.5, 0.6) is 0 Å². The Kier molecular flexibility index (Phi) is 5.92. The number of fused-ring (bicyclic) bond motifs is 1. The highest BCUT2D eigenvalue weighted by Crippen LogP contribution is 2.21. The molecule has 0 saturated heterocycles. The highest BCUT2D eigenvalue weighted by atomic mass is 14.9. The van der Waals surface area contributed by atoms with Crippen molar-refractivity contribution < 1.29 is 0 Å². The van der Waals surface area contributed by atoms with Gasteiger partial charge in [-0.25, -0.2) is 9.97 Å². The van der Waals surface area contributed by atoms with Crippen LogP contribution in [0.3, 0.4) is 0 Å². The Morgan fingerprint density at radius 1 is 0.774 bits per heavy atom.